The Labute approximate surface area is 116 Å². The molecule has 2 aromatic rings. The summed E-state index contributed by atoms with van der Waals surface area (Å²) in [4.78, 5) is 11.6. The van der Waals surface area contributed by atoms with Crippen LogP contribution in [0, 0.1) is 5.82 Å². The minimum atomic E-state index is -4.57. The molecule has 0 saturated heterocycles. The molecule has 0 atom stereocenters. The SMILES string of the molecule is O=c1ccc(C(F)(F)F)cn1Cc1c(F)cccc1Cl. The van der Waals surface area contributed by atoms with Gasteiger partial charge in [0.05, 0.1) is 12.1 Å². The third-order valence-corrected chi connectivity index (χ3v) is 3.06. The van der Waals surface area contributed by atoms with Crippen LogP contribution in [0.15, 0.2) is 41.3 Å². The third-order valence-electron chi connectivity index (χ3n) is 2.70. The summed E-state index contributed by atoms with van der Waals surface area (Å²) in [5.41, 5.74) is -1.68. The quantitative estimate of drug-likeness (QED) is 0.775. The molecule has 20 heavy (non-hydrogen) atoms. The lowest BCUT2D eigenvalue weighted by atomic mass is 10.2. The van der Waals surface area contributed by atoms with Crippen molar-refractivity contribution in [3.05, 3.63) is 68.8 Å². The predicted octanol–water partition coefficient (Wildman–Crippen LogP) is 3.71. The fourth-order valence-electron chi connectivity index (χ4n) is 1.68. The van der Waals surface area contributed by atoms with Crippen LogP contribution in [0.2, 0.25) is 5.02 Å². The Morgan fingerprint density at radius 1 is 1.15 bits per heavy atom. The Hall–Kier alpha value is -1.82. The zero-order valence-corrected chi connectivity index (χ0v) is 10.7. The Morgan fingerprint density at radius 2 is 1.85 bits per heavy atom. The first-order chi connectivity index (χ1) is 9.29. The van der Waals surface area contributed by atoms with Crippen LogP contribution in [0.5, 0.6) is 0 Å². The summed E-state index contributed by atoms with van der Waals surface area (Å²) >= 11 is 5.78. The van der Waals surface area contributed by atoms with Gasteiger partial charge in [0.2, 0.25) is 0 Å². The molecule has 2 rings (SSSR count). The first-order valence-corrected chi connectivity index (χ1v) is 5.87. The van der Waals surface area contributed by atoms with Gasteiger partial charge >= 0.3 is 6.18 Å². The van der Waals surface area contributed by atoms with E-state index in [0.29, 0.717) is 12.3 Å². The molecule has 7 heteroatoms. The maximum Gasteiger partial charge on any atom is 0.417 e. The Bertz CT molecular complexity index is 673. The molecule has 0 unspecified atom stereocenters. The monoisotopic (exact) mass is 305 g/mol. The zero-order chi connectivity index (χ0) is 14.9. The van der Waals surface area contributed by atoms with Gasteiger partial charge < -0.3 is 4.57 Å². The van der Waals surface area contributed by atoms with Gasteiger partial charge in [-0.3, -0.25) is 4.79 Å². The van der Waals surface area contributed by atoms with E-state index in [1.54, 1.807) is 0 Å². The largest absolute Gasteiger partial charge is 0.417 e. The number of benzene rings is 1. The summed E-state index contributed by atoms with van der Waals surface area (Å²) < 4.78 is 52.1. The minimum Gasteiger partial charge on any atom is -0.310 e. The first-order valence-electron chi connectivity index (χ1n) is 5.49. The van der Waals surface area contributed by atoms with E-state index in [2.05, 4.69) is 0 Å². The van der Waals surface area contributed by atoms with E-state index in [-0.39, 0.29) is 17.1 Å². The van der Waals surface area contributed by atoms with E-state index >= 15 is 0 Å². The molecule has 0 fully saturated rings. The number of halogens is 5. The normalized spacial score (nSPS) is 11.7. The molecular formula is C13H8ClF4NO. The van der Waals surface area contributed by atoms with Crippen molar-refractivity contribution in [3.63, 3.8) is 0 Å². The van der Waals surface area contributed by atoms with Crippen molar-refractivity contribution >= 4 is 11.6 Å². The third kappa shape index (κ3) is 3.01. The minimum absolute atomic E-state index is 0.0319. The highest BCUT2D eigenvalue weighted by Gasteiger charge is 2.31. The van der Waals surface area contributed by atoms with Crippen molar-refractivity contribution in [3.8, 4) is 0 Å². The van der Waals surface area contributed by atoms with Crippen LogP contribution >= 0.6 is 11.6 Å². The number of alkyl halides is 3. The van der Waals surface area contributed by atoms with E-state index in [9.17, 15) is 22.4 Å². The number of rotatable bonds is 2. The molecule has 0 aliphatic rings. The summed E-state index contributed by atoms with van der Waals surface area (Å²) in [7, 11) is 0. The van der Waals surface area contributed by atoms with Crippen LogP contribution < -0.4 is 5.56 Å². The molecule has 0 saturated carbocycles. The van der Waals surface area contributed by atoms with Crippen molar-refractivity contribution in [2.75, 3.05) is 0 Å². The maximum absolute atomic E-state index is 13.6. The molecule has 0 aliphatic heterocycles. The second-order valence-electron chi connectivity index (χ2n) is 4.08. The van der Waals surface area contributed by atoms with Gasteiger partial charge in [-0.25, -0.2) is 4.39 Å². The van der Waals surface area contributed by atoms with Gasteiger partial charge in [0, 0.05) is 22.8 Å². The van der Waals surface area contributed by atoms with Gasteiger partial charge in [0.1, 0.15) is 5.82 Å². The average Bonchev–Trinajstić information content (AvgIpc) is 2.34. The lowest BCUT2D eigenvalue weighted by molar-refractivity contribution is -0.138. The molecule has 106 valence electrons. The molecule has 1 aromatic carbocycles. The van der Waals surface area contributed by atoms with Crippen molar-refractivity contribution in [1.82, 2.24) is 4.57 Å². The number of hydrogen-bond acceptors (Lipinski definition) is 1. The Balaban J connectivity index is 2.46. The molecule has 0 bridgehead atoms. The molecule has 2 nitrogen and oxygen atoms in total. The first kappa shape index (κ1) is 14.6. The van der Waals surface area contributed by atoms with E-state index in [4.69, 9.17) is 11.6 Å². The second kappa shape index (κ2) is 5.28. The van der Waals surface area contributed by atoms with Gasteiger partial charge in [-0.05, 0) is 18.2 Å². The summed E-state index contributed by atoms with van der Waals surface area (Å²) in [6, 6.07) is 5.37. The lowest BCUT2D eigenvalue weighted by Crippen LogP contribution is -2.22. The van der Waals surface area contributed by atoms with Crippen LogP contribution in [0.1, 0.15) is 11.1 Å². The summed E-state index contributed by atoms with van der Waals surface area (Å²) in [6.07, 6.45) is -3.93. The molecule has 0 N–H and O–H groups in total. The second-order valence-corrected chi connectivity index (χ2v) is 4.49. The molecule has 0 aliphatic carbocycles. The van der Waals surface area contributed by atoms with Gasteiger partial charge in [-0.15, -0.1) is 0 Å². The summed E-state index contributed by atoms with van der Waals surface area (Å²) in [6.45, 7) is -0.367. The highest BCUT2D eigenvalue weighted by atomic mass is 35.5. The Morgan fingerprint density at radius 3 is 2.45 bits per heavy atom. The van der Waals surface area contributed by atoms with Gasteiger partial charge in [0.15, 0.2) is 0 Å². The van der Waals surface area contributed by atoms with Crippen molar-refractivity contribution in [2.24, 2.45) is 0 Å². The van der Waals surface area contributed by atoms with Crippen LogP contribution in [-0.4, -0.2) is 4.57 Å². The molecular weight excluding hydrogens is 298 g/mol. The van der Waals surface area contributed by atoms with Crippen molar-refractivity contribution in [2.45, 2.75) is 12.7 Å². The van der Waals surface area contributed by atoms with Crippen LogP contribution in [0.4, 0.5) is 17.6 Å². The smallest absolute Gasteiger partial charge is 0.310 e. The predicted molar refractivity (Wildman–Crippen MR) is 66.2 cm³/mol. The van der Waals surface area contributed by atoms with Crippen molar-refractivity contribution in [1.29, 1.82) is 0 Å². The standard InChI is InChI=1S/C13H8ClF4NO/c14-10-2-1-3-11(15)9(10)7-19-6-8(13(16,17)18)4-5-12(19)20/h1-6H,7H2. The van der Waals surface area contributed by atoms with Gasteiger partial charge in [-0.1, -0.05) is 17.7 Å². The highest BCUT2D eigenvalue weighted by molar-refractivity contribution is 6.31. The van der Waals surface area contributed by atoms with Crippen LogP contribution in [0.25, 0.3) is 0 Å². The van der Waals surface area contributed by atoms with E-state index < -0.39 is 23.1 Å². The van der Waals surface area contributed by atoms with E-state index in [1.165, 1.54) is 12.1 Å². The van der Waals surface area contributed by atoms with Crippen LogP contribution in [0.3, 0.4) is 0 Å². The number of hydrogen-bond donors (Lipinski definition) is 0. The topological polar surface area (TPSA) is 22.0 Å². The lowest BCUT2D eigenvalue weighted by Gasteiger charge is -2.12. The maximum atomic E-state index is 13.6. The summed E-state index contributed by atoms with van der Waals surface area (Å²) in [5, 5.41) is 0.0503. The Kier molecular flexibility index (Phi) is 3.85. The fraction of sp³-hybridized carbons (Fsp3) is 0.154. The fourth-order valence-corrected chi connectivity index (χ4v) is 1.90. The van der Waals surface area contributed by atoms with Crippen LogP contribution in [-0.2, 0) is 12.7 Å². The number of aromatic nitrogens is 1. The average molecular weight is 306 g/mol. The molecule has 0 amide bonds. The molecule has 0 spiro atoms. The van der Waals surface area contributed by atoms with Gasteiger partial charge in [-0.2, -0.15) is 13.2 Å². The molecule has 1 aromatic heterocycles. The van der Waals surface area contributed by atoms with E-state index in [1.807, 2.05) is 0 Å². The zero-order valence-electron chi connectivity index (χ0n) is 9.92. The van der Waals surface area contributed by atoms with E-state index in [0.717, 1.165) is 16.7 Å². The van der Waals surface area contributed by atoms with Crippen molar-refractivity contribution < 1.29 is 17.6 Å². The summed E-state index contributed by atoms with van der Waals surface area (Å²) in [5.74, 6) is -0.679. The highest BCUT2D eigenvalue weighted by Crippen LogP contribution is 2.28. The molecule has 1 heterocycles. The number of pyridine rings is 1. The molecule has 0 radical (unpaired) electrons. The number of nitrogens with zero attached hydrogens (tertiary/aromatic N) is 1. The van der Waals surface area contributed by atoms with Gasteiger partial charge in [0.25, 0.3) is 5.56 Å².